The molecule has 0 bridgehead atoms. The van der Waals surface area contributed by atoms with E-state index in [9.17, 15) is 0 Å². The van der Waals surface area contributed by atoms with Crippen LogP contribution in [0.3, 0.4) is 0 Å². The van der Waals surface area contributed by atoms with E-state index >= 15 is 0 Å². The van der Waals surface area contributed by atoms with Crippen LogP contribution in [-0.4, -0.2) is 29.0 Å². The van der Waals surface area contributed by atoms with Crippen LogP contribution in [0, 0.1) is 6.92 Å². The number of aromatic nitrogens is 2. The second-order valence-electron chi connectivity index (χ2n) is 5.56. The highest BCUT2D eigenvalue weighted by Crippen LogP contribution is 2.25. The van der Waals surface area contributed by atoms with Crippen LogP contribution in [0.15, 0.2) is 6.20 Å². The summed E-state index contributed by atoms with van der Waals surface area (Å²) in [6, 6.07) is 0.415. The summed E-state index contributed by atoms with van der Waals surface area (Å²) in [5.41, 5.74) is 2.48. The number of nitrogens with one attached hydrogen (secondary N) is 1. The van der Waals surface area contributed by atoms with Gasteiger partial charge in [0.25, 0.3) is 0 Å². The Hall–Kier alpha value is -0.870. The monoisotopic (exact) mass is 265 g/mol. The molecule has 1 N–H and O–H groups in total. The van der Waals surface area contributed by atoms with Gasteiger partial charge >= 0.3 is 0 Å². The highest BCUT2D eigenvalue weighted by atomic mass is 16.5. The summed E-state index contributed by atoms with van der Waals surface area (Å²) in [4.78, 5) is 0. The Bertz CT molecular complexity index is 383. The predicted molar refractivity (Wildman–Crippen MR) is 77.2 cm³/mol. The SMILES string of the molecule is CCCNC(CCC1CCCO1)c1cn(C)nc1C. The molecule has 0 amide bonds. The fraction of sp³-hybridized carbons (Fsp3) is 0.800. The van der Waals surface area contributed by atoms with Crippen LogP contribution < -0.4 is 5.32 Å². The van der Waals surface area contributed by atoms with Gasteiger partial charge in [0, 0.05) is 31.5 Å². The Morgan fingerprint density at radius 2 is 2.42 bits per heavy atom. The fourth-order valence-corrected chi connectivity index (χ4v) is 2.87. The van der Waals surface area contributed by atoms with Crippen LogP contribution >= 0.6 is 0 Å². The first-order valence-corrected chi connectivity index (χ1v) is 7.55. The smallest absolute Gasteiger partial charge is 0.0641 e. The van der Waals surface area contributed by atoms with Gasteiger partial charge < -0.3 is 10.1 Å². The Labute approximate surface area is 116 Å². The summed E-state index contributed by atoms with van der Waals surface area (Å²) >= 11 is 0. The van der Waals surface area contributed by atoms with Crippen LogP contribution in [0.1, 0.15) is 56.3 Å². The molecule has 2 heterocycles. The lowest BCUT2D eigenvalue weighted by Gasteiger charge is -2.20. The summed E-state index contributed by atoms with van der Waals surface area (Å²) in [7, 11) is 1.99. The number of nitrogens with zero attached hydrogens (tertiary/aromatic N) is 2. The predicted octanol–water partition coefficient (Wildman–Crippen LogP) is 2.73. The van der Waals surface area contributed by atoms with Gasteiger partial charge in [0.05, 0.1) is 11.8 Å². The zero-order valence-corrected chi connectivity index (χ0v) is 12.5. The van der Waals surface area contributed by atoms with Gasteiger partial charge in [-0.2, -0.15) is 5.10 Å². The second-order valence-corrected chi connectivity index (χ2v) is 5.56. The molecule has 1 aliphatic heterocycles. The fourth-order valence-electron chi connectivity index (χ4n) is 2.87. The van der Waals surface area contributed by atoms with Crippen molar-refractivity contribution in [1.29, 1.82) is 0 Å². The van der Waals surface area contributed by atoms with Crippen LogP contribution in [0.4, 0.5) is 0 Å². The van der Waals surface area contributed by atoms with Crippen LogP contribution in [0.2, 0.25) is 0 Å². The summed E-state index contributed by atoms with van der Waals surface area (Å²) in [5.74, 6) is 0. The van der Waals surface area contributed by atoms with E-state index in [0.717, 1.165) is 38.1 Å². The molecule has 0 saturated carbocycles. The van der Waals surface area contributed by atoms with E-state index in [4.69, 9.17) is 4.74 Å². The zero-order chi connectivity index (χ0) is 13.7. The van der Waals surface area contributed by atoms with E-state index in [0.29, 0.717) is 12.1 Å². The lowest BCUT2D eigenvalue weighted by molar-refractivity contribution is 0.0995. The molecule has 1 aliphatic rings. The van der Waals surface area contributed by atoms with Crippen molar-refractivity contribution in [3.8, 4) is 0 Å². The van der Waals surface area contributed by atoms with Gasteiger partial charge in [-0.1, -0.05) is 6.92 Å². The van der Waals surface area contributed by atoms with Crippen LogP contribution in [-0.2, 0) is 11.8 Å². The van der Waals surface area contributed by atoms with E-state index in [-0.39, 0.29) is 0 Å². The van der Waals surface area contributed by atoms with Gasteiger partial charge in [-0.25, -0.2) is 0 Å². The summed E-state index contributed by atoms with van der Waals surface area (Å²) in [5, 5.41) is 8.12. The quantitative estimate of drug-likeness (QED) is 0.824. The number of hydrogen-bond acceptors (Lipinski definition) is 3. The molecule has 0 spiro atoms. The van der Waals surface area contributed by atoms with Gasteiger partial charge in [-0.05, 0) is 45.6 Å². The molecule has 1 fully saturated rings. The molecule has 19 heavy (non-hydrogen) atoms. The van der Waals surface area contributed by atoms with Gasteiger partial charge in [0.2, 0.25) is 0 Å². The van der Waals surface area contributed by atoms with Crippen molar-refractivity contribution in [1.82, 2.24) is 15.1 Å². The Kier molecular flexibility index (Phi) is 5.40. The summed E-state index contributed by atoms with van der Waals surface area (Å²) < 4.78 is 7.64. The third kappa shape index (κ3) is 4.05. The standard InChI is InChI=1S/C15H27N3O/c1-4-9-16-15(8-7-13-6-5-10-19-13)14-11-18(3)17-12(14)2/h11,13,15-16H,4-10H2,1-3H3. The molecular weight excluding hydrogens is 238 g/mol. The Morgan fingerprint density at radius 3 is 3.00 bits per heavy atom. The molecule has 2 atom stereocenters. The minimum Gasteiger partial charge on any atom is -0.378 e. The molecule has 1 saturated heterocycles. The van der Waals surface area contributed by atoms with E-state index < -0.39 is 0 Å². The molecule has 108 valence electrons. The molecule has 4 heteroatoms. The minimum absolute atomic E-state index is 0.415. The molecular formula is C15H27N3O. The average Bonchev–Trinajstić information content (AvgIpc) is 3.00. The van der Waals surface area contributed by atoms with E-state index in [2.05, 4.69) is 30.5 Å². The lowest BCUT2D eigenvalue weighted by Crippen LogP contribution is -2.23. The third-order valence-corrected chi connectivity index (χ3v) is 3.87. The van der Waals surface area contributed by atoms with Crippen molar-refractivity contribution in [3.05, 3.63) is 17.5 Å². The molecule has 0 radical (unpaired) electrons. The maximum absolute atomic E-state index is 5.73. The van der Waals surface area contributed by atoms with Crippen molar-refractivity contribution in [3.63, 3.8) is 0 Å². The van der Waals surface area contributed by atoms with Crippen molar-refractivity contribution in [2.24, 2.45) is 7.05 Å². The first kappa shape index (κ1) is 14.5. The van der Waals surface area contributed by atoms with E-state index in [1.54, 1.807) is 0 Å². The van der Waals surface area contributed by atoms with Crippen molar-refractivity contribution < 1.29 is 4.74 Å². The number of hydrogen-bond donors (Lipinski definition) is 1. The van der Waals surface area contributed by atoms with E-state index in [1.807, 2.05) is 11.7 Å². The average molecular weight is 265 g/mol. The molecule has 0 aromatic carbocycles. The highest BCUT2D eigenvalue weighted by molar-refractivity contribution is 5.20. The van der Waals surface area contributed by atoms with Crippen molar-refractivity contribution in [2.45, 2.75) is 58.1 Å². The van der Waals surface area contributed by atoms with Crippen molar-refractivity contribution in [2.75, 3.05) is 13.2 Å². The molecule has 0 aliphatic carbocycles. The molecule has 2 rings (SSSR count). The number of rotatable bonds is 7. The van der Waals surface area contributed by atoms with Crippen LogP contribution in [0.25, 0.3) is 0 Å². The molecule has 2 unspecified atom stereocenters. The van der Waals surface area contributed by atoms with Gasteiger partial charge in [0.15, 0.2) is 0 Å². The molecule has 1 aromatic heterocycles. The topological polar surface area (TPSA) is 39.1 Å². The van der Waals surface area contributed by atoms with Gasteiger partial charge in [-0.15, -0.1) is 0 Å². The zero-order valence-electron chi connectivity index (χ0n) is 12.5. The maximum atomic E-state index is 5.73. The molecule has 4 nitrogen and oxygen atoms in total. The molecule has 1 aromatic rings. The van der Waals surface area contributed by atoms with Gasteiger partial charge in [-0.3, -0.25) is 4.68 Å². The number of aryl methyl sites for hydroxylation is 2. The Morgan fingerprint density at radius 1 is 1.58 bits per heavy atom. The summed E-state index contributed by atoms with van der Waals surface area (Å²) in [6.07, 6.45) is 8.53. The Balaban J connectivity index is 1.96. The largest absolute Gasteiger partial charge is 0.378 e. The first-order chi connectivity index (χ1) is 9.20. The normalized spacial score (nSPS) is 20.9. The summed E-state index contributed by atoms with van der Waals surface area (Å²) in [6.45, 7) is 6.32. The minimum atomic E-state index is 0.415. The third-order valence-electron chi connectivity index (χ3n) is 3.87. The number of ether oxygens (including phenoxy) is 1. The highest BCUT2D eigenvalue weighted by Gasteiger charge is 2.20. The van der Waals surface area contributed by atoms with E-state index in [1.165, 1.54) is 18.4 Å². The van der Waals surface area contributed by atoms with Gasteiger partial charge in [0.1, 0.15) is 0 Å². The maximum Gasteiger partial charge on any atom is 0.0641 e. The second kappa shape index (κ2) is 7.06. The van der Waals surface area contributed by atoms with Crippen LogP contribution in [0.5, 0.6) is 0 Å². The first-order valence-electron chi connectivity index (χ1n) is 7.55. The lowest BCUT2D eigenvalue weighted by atomic mass is 9.99. The van der Waals surface area contributed by atoms with Crippen molar-refractivity contribution >= 4 is 0 Å².